The highest BCUT2D eigenvalue weighted by Crippen LogP contribution is 2.31. The van der Waals surface area contributed by atoms with Crippen LogP contribution in [-0.4, -0.2) is 45.7 Å². The van der Waals surface area contributed by atoms with Gasteiger partial charge >= 0.3 is 0 Å². The van der Waals surface area contributed by atoms with Crippen molar-refractivity contribution < 1.29 is 17.6 Å². The fraction of sp³-hybridized carbons (Fsp3) is 0.174. The number of hydrogen-bond acceptors (Lipinski definition) is 7. The number of aryl methyl sites for hydroxylation is 1. The molecule has 0 saturated carbocycles. The zero-order valence-electron chi connectivity index (χ0n) is 17.7. The van der Waals surface area contributed by atoms with Crippen molar-refractivity contribution in [3.05, 3.63) is 83.8 Å². The first-order chi connectivity index (χ1) is 15.9. The van der Waals surface area contributed by atoms with Gasteiger partial charge in [0, 0.05) is 17.9 Å². The van der Waals surface area contributed by atoms with Gasteiger partial charge in [-0.3, -0.25) is 9.36 Å². The molecule has 168 valence electrons. The molecule has 0 spiro atoms. The maximum Gasteiger partial charge on any atom is 0.269 e. The number of carbonyl (C=O) groups is 1. The second-order valence-electron chi connectivity index (χ2n) is 7.57. The number of benzene rings is 2. The zero-order chi connectivity index (χ0) is 23.0. The van der Waals surface area contributed by atoms with Crippen molar-refractivity contribution in [1.29, 1.82) is 0 Å². The van der Waals surface area contributed by atoms with Crippen LogP contribution >= 0.6 is 11.8 Å². The summed E-state index contributed by atoms with van der Waals surface area (Å²) in [6.45, 7) is 2.48. The molecule has 2 aromatic carbocycles. The molecule has 1 amide bonds. The number of nitrogens with zero attached hydrogens (tertiary/aromatic N) is 4. The van der Waals surface area contributed by atoms with Gasteiger partial charge in [0.2, 0.25) is 0 Å². The van der Waals surface area contributed by atoms with Crippen LogP contribution < -0.4 is 0 Å². The third-order valence-electron chi connectivity index (χ3n) is 5.32. The molecule has 0 atom stereocenters. The van der Waals surface area contributed by atoms with E-state index >= 15 is 0 Å². The van der Waals surface area contributed by atoms with Crippen molar-refractivity contribution in [3.8, 4) is 11.4 Å². The van der Waals surface area contributed by atoms with Crippen LogP contribution in [0.3, 0.4) is 0 Å². The first kappa shape index (κ1) is 21.5. The van der Waals surface area contributed by atoms with Gasteiger partial charge in [-0.2, -0.15) is 0 Å². The van der Waals surface area contributed by atoms with Crippen LogP contribution in [0.25, 0.3) is 11.4 Å². The van der Waals surface area contributed by atoms with Crippen LogP contribution in [0.1, 0.15) is 21.7 Å². The van der Waals surface area contributed by atoms with Crippen molar-refractivity contribution in [3.63, 3.8) is 0 Å². The van der Waals surface area contributed by atoms with Crippen molar-refractivity contribution in [1.82, 2.24) is 19.1 Å². The Morgan fingerprint density at radius 3 is 2.64 bits per heavy atom. The molecule has 8 nitrogen and oxygen atoms in total. The van der Waals surface area contributed by atoms with E-state index in [0.29, 0.717) is 23.3 Å². The van der Waals surface area contributed by atoms with Gasteiger partial charge in [-0.25, -0.2) is 12.7 Å². The lowest BCUT2D eigenvalue weighted by atomic mass is 10.1. The Balaban J connectivity index is 1.38. The number of furan rings is 1. The van der Waals surface area contributed by atoms with Crippen LogP contribution in [0, 0.1) is 6.92 Å². The molecule has 4 aromatic rings. The summed E-state index contributed by atoms with van der Waals surface area (Å²) in [5.41, 5.74) is 2.24. The summed E-state index contributed by atoms with van der Waals surface area (Å²) >= 11 is 1.35. The summed E-state index contributed by atoms with van der Waals surface area (Å²) in [5.74, 6) is 1.28. The SMILES string of the molecule is Cc1cccc(-c2nnc(SCCN3C(=O)c4ccccc4S3(=O)=O)n2Cc2ccco2)c1. The van der Waals surface area contributed by atoms with Crippen molar-refractivity contribution in [2.24, 2.45) is 0 Å². The predicted molar refractivity (Wildman–Crippen MR) is 123 cm³/mol. The lowest BCUT2D eigenvalue weighted by Crippen LogP contribution is -2.32. The Kier molecular flexibility index (Phi) is 5.55. The normalized spacial score (nSPS) is 14.6. The number of sulfonamides is 1. The van der Waals surface area contributed by atoms with Gasteiger partial charge in [-0.1, -0.05) is 47.7 Å². The Hall–Kier alpha value is -3.37. The Labute approximate surface area is 195 Å². The highest BCUT2D eigenvalue weighted by molar-refractivity contribution is 7.99. The highest BCUT2D eigenvalue weighted by Gasteiger charge is 2.40. The molecule has 0 radical (unpaired) electrons. The lowest BCUT2D eigenvalue weighted by Gasteiger charge is -2.15. The van der Waals surface area contributed by atoms with E-state index in [9.17, 15) is 13.2 Å². The fourth-order valence-corrected chi connectivity index (χ4v) is 6.31. The number of amides is 1. The standard InChI is InChI=1S/C23H20N4O4S2/c1-16-6-4-7-17(14-16)21-24-25-23(26(21)15-18-8-5-12-31-18)32-13-11-27-22(28)19-9-2-3-10-20(19)33(27,29)30/h2-10,12,14H,11,13,15H2,1H3. The van der Waals surface area contributed by atoms with Gasteiger partial charge in [0.05, 0.1) is 18.4 Å². The summed E-state index contributed by atoms with van der Waals surface area (Å²) in [6.07, 6.45) is 1.61. The van der Waals surface area contributed by atoms with Crippen LogP contribution in [-0.2, 0) is 16.6 Å². The summed E-state index contributed by atoms with van der Waals surface area (Å²) in [4.78, 5) is 12.7. The molecule has 0 unspecified atom stereocenters. The zero-order valence-corrected chi connectivity index (χ0v) is 19.3. The minimum absolute atomic E-state index is 0.0356. The van der Waals surface area contributed by atoms with E-state index in [1.807, 2.05) is 47.9 Å². The Morgan fingerprint density at radius 1 is 1.03 bits per heavy atom. The van der Waals surface area contributed by atoms with E-state index in [1.165, 1.54) is 23.9 Å². The first-order valence-corrected chi connectivity index (χ1v) is 12.7. The van der Waals surface area contributed by atoms with E-state index in [0.717, 1.165) is 21.2 Å². The monoisotopic (exact) mass is 480 g/mol. The van der Waals surface area contributed by atoms with Crippen molar-refractivity contribution in [2.75, 3.05) is 12.3 Å². The quantitative estimate of drug-likeness (QED) is 0.371. The highest BCUT2D eigenvalue weighted by atomic mass is 32.2. The molecule has 0 bridgehead atoms. The van der Waals surface area contributed by atoms with E-state index in [4.69, 9.17) is 4.42 Å². The minimum atomic E-state index is -3.83. The van der Waals surface area contributed by atoms with Gasteiger partial charge in [-0.05, 0) is 37.3 Å². The Morgan fingerprint density at radius 2 is 1.88 bits per heavy atom. The maximum absolute atomic E-state index is 12.8. The van der Waals surface area contributed by atoms with Gasteiger partial charge in [0.1, 0.15) is 10.7 Å². The van der Waals surface area contributed by atoms with Gasteiger partial charge in [0.15, 0.2) is 11.0 Å². The van der Waals surface area contributed by atoms with Gasteiger partial charge in [-0.15, -0.1) is 10.2 Å². The van der Waals surface area contributed by atoms with Crippen LogP contribution in [0.5, 0.6) is 0 Å². The minimum Gasteiger partial charge on any atom is -0.467 e. The molecule has 1 aliphatic heterocycles. The molecule has 0 saturated heterocycles. The van der Waals surface area contributed by atoms with E-state index in [2.05, 4.69) is 10.2 Å². The van der Waals surface area contributed by atoms with Crippen LogP contribution in [0.15, 0.2) is 81.4 Å². The second kappa shape index (κ2) is 8.53. The number of fused-ring (bicyclic) bond motifs is 1. The molecule has 2 aromatic heterocycles. The van der Waals surface area contributed by atoms with Crippen molar-refractivity contribution >= 4 is 27.7 Å². The summed E-state index contributed by atoms with van der Waals surface area (Å²) < 4.78 is 34.0. The number of rotatable bonds is 7. The van der Waals surface area contributed by atoms with E-state index in [1.54, 1.807) is 18.4 Å². The molecule has 0 fully saturated rings. The summed E-state index contributed by atoms with van der Waals surface area (Å²) in [6, 6.07) is 17.9. The number of carbonyl (C=O) groups excluding carboxylic acids is 1. The predicted octanol–water partition coefficient (Wildman–Crippen LogP) is 3.83. The lowest BCUT2D eigenvalue weighted by molar-refractivity contribution is 0.0876. The van der Waals surface area contributed by atoms with Crippen LogP contribution in [0.2, 0.25) is 0 Å². The molecular weight excluding hydrogens is 460 g/mol. The first-order valence-electron chi connectivity index (χ1n) is 10.3. The molecule has 0 N–H and O–H groups in total. The molecular formula is C23H20N4O4S2. The molecule has 0 aliphatic carbocycles. The smallest absolute Gasteiger partial charge is 0.269 e. The van der Waals surface area contributed by atoms with Crippen LogP contribution in [0.4, 0.5) is 0 Å². The third kappa shape index (κ3) is 3.96. The maximum atomic E-state index is 12.8. The summed E-state index contributed by atoms with van der Waals surface area (Å²) in [5, 5.41) is 9.34. The molecule has 3 heterocycles. The largest absolute Gasteiger partial charge is 0.467 e. The van der Waals surface area contributed by atoms with Gasteiger partial charge < -0.3 is 4.42 Å². The topological polar surface area (TPSA) is 98.3 Å². The second-order valence-corrected chi connectivity index (χ2v) is 10.5. The third-order valence-corrected chi connectivity index (χ3v) is 8.11. The Bertz CT molecular complexity index is 1430. The average Bonchev–Trinajstić information content (AvgIpc) is 3.50. The molecule has 1 aliphatic rings. The number of hydrogen-bond donors (Lipinski definition) is 0. The average molecular weight is 481 g/mol. The molecule has 10 heteroatoms. The van der Waals surface area contributed by atoms with Crippen molar-refractivity contribution in [2.45, 2.75) is 23.5 Å². The fourth-order valence-electron chi connectivity index (χ4n) is 3.77. The molecule has 5 rings (SSSR count). The summed E-state index contributed by atoms with van der Waals surface area (Å²) in [7, 11) is -3.83. The number of thioether (sulfide) groups is 1. The van der Waals surface area contributed by atoms with Gasteiger partial charge in [0.25, 0.3) is 15.9 Å². The number of aromatic nitrogens is 3. The van der Waals surface area contributed by atoms with E-state index < -0.39 is 15.9 Å². The van der Waals surface area contributed by atoms with E-state index in [-0.39, 0.29) is 17.0 Å². The molecule has 33 heavy (non-hydrogen) atoms.